The SMILES string of the molecule is CCCCOC(CNC(C)C)c1ccccc1. The van der Waals surface area contributed by atoms with Crippen LogP contribution < -0.4 is 5.32 Å². The quantitative estimate of drug-likeness (QED) is 0.696. The second-order valence-electron chi connectivity index (χ2n) is 4.69. The summed E-state index contributed by atoms with van der Waals surface area (Å²) in [4.78, 5) is 0. The van der Waals surface area contributed by atoms with Crippen molar-refractivity contribution in [3.63, 3.8) is 0 Å². The molecular formula is C15H25NO. The lowest BCUT2D eigenvalue weighted by Gasteiger charge is -2.20. The minimum atomic E-state index is 0.171. The Morgan fingerprint density at radius 3 is 2.47 bits per heavy atom. The van der Waals surface area contributed by atoms with Gasteiger partial charge in [0.1, 0.15) is 0 Å². The monoisotopic (exact) mass is 235 g/mol. The molecule has 1 aromatic carbocycles. The topological polar surface area (TPSA) is 21.3 Å². The van der Waals surface area contributed by atoms with Crippen molar-refractivity contribution < 1.29 is 4.74 Å². The first-order chi connectivity index (χ1) is 8.24. The number of rotatable bonds is 8. The third-order valence-corrected chi connectivity index (χ3v) is 2.70. The molecule has 1 unspecified atom stereocenters. The molecule has 0 saturated heterocycles. The van der Waals surface area contributed by atoms with Crippen molar-refractivity contribution in [2.24, 2.45) is 0 Å². The van der Waals surface area contributed by atoms with Crippen LogP contribution in [-0.4, -0.2) is 19.2 Å². The lowest BCUT2D eigenvalue weighted by Crippen LogP contribution is -2.29. The number of hydrogen-bond donors (Lipinski definition) is 1. The molecule has 0 aliphatic heterocycles. The zero-order valence-corrected chi connectivity index (χ0v) is 11.3. The van der Waals surface area contributed by atoms with Crippen LogP contribution in [0.15, 0.2) is 30.3 Å². The maximum atomic E-state index is 5.96. The first kappa shape index (κ1) is 14.2. The fraction of sp³-hybridized carbons (Fsp3) is 0.600. The summed E-state index contributed by atoms with van der Waals surface area (Å²) < 4.78 is 5.96. The highest BCUT2D eigenvalue weighted by molar-refractivity contribution is 5.17. The maximum Gasteiger partial charge on any atom is 0.0949 e. The second-order valence-corrected chi connectivity index (χ2v) is 4.69. The first-order valence-corrected chi connectivity index (χ1v) is 6.64. The molecule has 0 bridgehead atoms. The number of benzene rings is 1. The Hall–Kier alpha value is -0.860. The van der Waals surface area contributed by atoms with E-state index in [2.05, 4.69) is 50.4 Å². The van der Waals surface area contributed by atoms with Crippen molar-refractivity contribution in [2.75, 3.05) is 13.2 Å². The van der Waals surface area contributed by atoms with Gasteiger partial charge in [-0.2, -0.15) is 0 Å². The van der Waals surface area contributed by atoms with Gasteiger partial charge >= 0.3 is 0 Å². The Labute approximate surface area is 105 Å². The van der Waals surface area contributed by atoms with Gasteiger partial charge in [0.15, 0.2) is 0 Å². The standard InChI is InChI=1S/C15H25NO/c1-4-5-11-17-15(12-16-13(2)3)14-9-7-6-8-10-14/h6-10,13,15-16H,4-5,11-12H2,1-3H3. The zero-order valence-electron chi connectivity index (χ0n) is 11.3. The highest BCUT2D eigenvalue weighted by Gasteiger charge is 2.11. The van der Waals surface area contributed by atoms with Crippen LogP contribution in [0, 0.1) is 0 Å². The molecule has 1 atom stereocenters. The van der Waals surface area contributed by atoms with Gasteiger partial charge < -0.3 is 10.1 Å². The third kappa shape index (κ3) is 5.85. The van der Waals surface area contributed by atoms with E-state index in [4.69, 9.17) is 4.74 Å². The van der Waals surface area contributed by atoms with E-state index in [-0.39, 0.29) is 6.10 Å². The van der Waals surface area contributed by atoms with Gasteiger partial charge in [-0.1, -0.05) is 57.5 Å². The summed E-state index contributed by atoms with van der Waals surface area (Å²) in [6, 6.07) is 11.0. The summed E-state index contributed by atoms with van der Waals surface area (Å²) in [5, 5.41) is 3.45. The Balaban J connectivity index is 2.52. The fourth-order valence-electron chi connectivity index (χ4n) is 1.65. The Bertz CT molecular complexity index is 284. The number of unbranched alkanes of at least 4 members (excludes halogenated alkanes) is 1. The molecular weight excluding hydrogens is 210 g/mol. The molecule has 96 valence electrons. The van der Waals surface area contributed by atoms with Gasteiger partial charge in [0.2, 0.25) is 0 Å². The smallest absolute Gasteiger partial charge is 0.0949 e. The van der Waals surface area contributed by atoms with E-state index in [1.807, 2.05) is 6.07 Å². The Kier molecular flexibility index (Phi) is 6.90. The van der Waals surface area contributed by atoms with Crippen LogP contribution in [-0.2, 0) is 4.74 Å². The maximum absolute atomic E-state index is 5.96. The molecule has 1 rings (SSSR count). The average molecular weight is 235 g/mol. The highest BCUT2D eigenvalue weighted by Crippen LogP contribution is 2.16. The molecule has 0 amide bonds. The van der Waals surface area contributed by atoms with Gasteiger partial charge in [-0.3, -0.25) is 0 Å². The summed E-state index contributed by atoms with van der Waals surface area (Å²) in [5.41, 5.74) is 1.26. The molecule has 0 aromatic heterocycles. The van der Waals surface area contributed by atoms with Crippen LogP contribution in [0.3, 0.4) is 0 Å². The molecule has 1 aromatic rings. The third-order valence-electron chi connectivity index (χ3n) is 2.70. The van der Waals surface area contributed by atoms with Gasteiger partial charge in [0, 0.05) is 19.2 Å². The van der Waals surface area contributed by atoms with E-state index in [1.54, 1.807) is 0 Å². The summed E-state index contributed by atoms with van der Waals surface area (Å²) in [6.45, 7) is 8.23. The molecule has 0 aliphatic rings. The van der Waals surface area contributed by atoms with Crippen molar-refractivity contribution in [2.45, 2.75) is 45.8 Å². The van der Waals surface area contributed by atoms with Gasteiger partial charge in [0.25, 0.3) is 0 Å². The van der Waals surface area contributed by atoms with Crippen molar-refractivity contribution in [1.29, 1.82) is 0 Å². The van der Waals surface area contributed by atoms with E-state index < -0.39 is 0 Å². The minimum absolute atomic E-state index is 0.171. The molecule has 1 N–H and O–H groups in total. The average Bonchev–Trinajstić information content (AvgIpc) is 2.34. The van der Waals surface area contributed by atoms with Gasteiger partial charge in [-0.15, -0.1) is 0 Å². The van der Waals surface area contributed by atoms with Crippen molar-refractivity contribution in [3.05, 3.63) is 35.9 Å². The number of hydrogen-bond acceptors (Lipinski definition) is 2. The summed E-state index contributed by atoms with van der Waals surface area (Å²) >= 11 is 0. The zero-order chi connectivity index (χ0) is 12.5. The van der Waals surface area contributed by atoms with E-state index >= 15 is 0 Å². The molecule has 0 radical (unpaired) electrons. The van der Waals surface area contributed by atoms with Crippen LogP contribution >= 0.6 is 0 Å². The Morgan fingerprint density at radius 1 is 1.18 bits per heavy atom. The molecule has 0 spiro atoms. The molecule has 2 nitrogen and oxygen atoms in total. The summed E-state index contributed by atoms with van der Waals surface area (Å²) in [7, 11) is 0. The molecule has 0 heterocycles. The van der Waals surface area contributed by atoms with Gasteiger partial charge in [0.05, 0.1) is 6.10 Å². The van der Waals surface area contributed by atoms with Gasteiger partial charge in [-0.05, 0) is 12.0 Å². The van der Waals surface area contributed by atoms with E-state index in [1.165, 1.54) is 12.0 Å². The van der Waals surface area contributed by atoms with E-state index in [9.17, 15) is 0 Å². The second kappa shape index (κ2) is 8.26. The molecule has 2 heteroatoms. The fourth-order valence-corrected chi connectivity index (χ4v) is 1.65. The molecule has 0 saturated carbocycles. The van der Waals surface area contributed by atoms with Crippen molar-refractivity contribution >= 4 is 0 Å². The lowest BCUT2D eigenvalue weighted by atomic mass is 10.1. The summed E-state index contributed by atoms with van der Waals surface area (Å²) in [6.07, 6.45) is 2.48. The van der Waals surface area contributed by atoms with E-state index in [0.717, 1.165) is 19.6 Å². The predicted octanol–water partition coefficient (Wildman–Crippen LogP) is 3.54. The van der Waals surface area contributed by atoms with Crippen LogP contribution in [0.2, 0.25) is 0 Å². The van der Waals surface area contributed by atoms with Crippen molar-refractivity contribution in [1.82, 2.24) is 5.32 Å². The number of nitrogens with one attached hydrogen (secondary N) is 1. The summed E-state index contributed by atoms with van der Waals surface area (Å²) in [5.74, 6) is 0. The Morgan fingerprint density at radius 2 is 1.88 bits per heavy atom. The largest absolute Gasteiger partial charge is 0.372 e. The molecule has 0 aliphatic carbocycles. The van der Waals surface area contributed by atoms with Crippen LogP contribution in [0.1, 0.15) is 45.3 Å². The van der Waals surface area contributed by atoms with E-state index in [0.29, 0.717) is 6.04 Å². The molecule has 17 heavy (non-hydrogen) atoms. The van der Waals surface area contributed by atoms with Crippen LogP contribution in [0.4, 0.5) is 0 Å². The molecule has 0 fully saturated rings. The highest BCUT2D eigenvalue weighted by atomic mass is 16.5. The van der Waals surface area contributed by atoms with Crippen LogP contribution in [0.5, 0.6) is 0 Å². The van der Waals surface area contributed by atoms with Crippen LogP contribution in [0.25, 0.3) is 0 Å². The predicted molar refractivity (Wildman–Crippen MR) is 73.2 cm³/mol. The number of ether oxygens (including phenoxy) is 1. The van der Waals surface area contributed by atoms with Crippen molar-refractivity contribution in [3.8, 4) is 0 Å². The minimum Gasteiger partial charge on any atom is -0.372 e. The normalized spacial score (nSPS) is 12.9. The first-order valence-electron chi connectivity index (χ1n) is 6.64. The van der Waals surface area contributed by atoms with Gasteiger partial charge in [-0.25, -0.2) is 0 Å². The lowest BCUT2D eigenvalue weighted by molar-refractivity contribution is 0.0494.